The number of hydrogen-bond acceptors (Lipinski definition) is 5. The van der Waals surface area contributed by atoms with Crippen molar-refractivity contribution in [2.45, 2.75) is 17.1 Å². The molecule has 0 spiro atoms. The first-order valence-electron chi connectivity index (χ1n) is 7.81. The molecule has 0 saturated carbocycles. The lowest BCUT2D eigenvalue weighted by molar-refractivity contribution is -0.120. The minimum atomic E-state index is -3.63. The zero-order valence-electron chi connectivity index (χ0n) is 13.9. The van der Waals surface area contributed by atoms with Gasteiger partial charge in [-0.1, -0.05) is 42.0 Å². The van der Waals surface area contributed by atoms with E-state index in [0.717, 1.165) is 28.0 Å². The predicted molar refractivity (Wildman–Crippen MR) is 99.1 cm³/mol. The molecule has 132 valence electrons. The number of carbonyl (C=O) groups is 1. The topological polar surface area (TPSA) is 72.5 Å². The number of rotatable bonds is 4. The van der Waals surface area contributed by atoms with E-state index in [1.807, 2.05) is 55.5 Å². The predicted octanol–water partition coefficient (Wildman–Crippen LogP) is 3.37. The minimum absolute atomic E-state index is 0.190. The van der Waals surface area contributed by atoms with Crippen LogP contribution in [0, 0.1) is 12.8 Å². The number of hydrogen-bond donors (Lipinski definition) is 1. The van der Waals surface area contributed by atoms with Gasteiger partial charge in [0, 0.05) is 10.1 Å². The summed E-state index contributed by atoms with van der Waals surface area (Å²) >= 11 is 1.54. The molecular weight excluding hydrogens is 358 g/mol. The van der Waals surface area contributed by atoms with Gasteiger partial charge in [0.05, 0.1) is 24.5 Å². The van der Waals surface area contributed by atoms with Crippen LogP contribution in [0.15, 0.2) is 53.4 Å². The van der Waals surface area contributed by atoms with Crippen LogP contribution in [0.25, 0.3) is 0 Å². The highest BCUT2D eigenvalue weighted by atomic mass is 32.2. The summed E-state index contributed by atoms with van der Waals surface area (Å²) in [7, 11) is -3.63. The molecule has 1 amide bonds. The highest BCUT2D eigenvalue weighted by molar-refractivity contribution is 7.99. The summed E-state index contributed by atoms with van der Waals surface area (Å²) in [5.74, 6) is -0.874. The Morgan fingerprint density at radius 3 is 2.48 bits per heavy atom. The zero-order valence-corrected chi connectivity index (χ0v) is 15.6. The smallest absolute Gasteiger partial charge is 0.264 e. The first-order valence-corrected chi connectivity index (χ1v) is 10.5. The Kier molecular flexibility index (Phi) is 5.17. The third kappa shape index (κ3) is 4.42. The number of benzene rings is 2. The summed E-state index contributed by atoms with van der Waals surface area (Å²) < 4.78 is 27.8. The molecule has 1 N–H and O–H groups in total. The van der Waals surface area contributed by atoms with Crippen LogP contribution in [0.5, 0.6) is 0 Å². The standard InChI is InChI=1S/C18H19NO4S2/c1-12-7-9-13(10-8-12)17-14(11-23-25(2,21)22)18(20)19-15-5-3-4-6-16(15)24-17/h3-10,14,17H,11H2,1-2H3,(H,19,20). The highest BCUT2D eigenvalue weighted by Crippen LogP contribution is 2.46. The lowest BCUT2D eigenvalue weighted by Gasteiger charge is -2.23. The fraction of sp³-hybridized carbons (Fsp3) is 0.278. The quantitative estimate of drug-likeness (QED) is 0.827. The van der Waals surface area contributed by atoms with Gasteiger partial charge < -0.3 is 5.32 Å². The van der Waals surface area contributed by atoms with Crippen LogP contribution in [0.2, 0.25) is 0 Å². The van der Waals surface area contributed by atoms with Gasteiger partial charge >= 0.3 is 0 Å². The summed E-state index contributed by atoms with van der Waals surface area (Å²) in [6.07, 6.45) is 0.990. The zero-order chi connectivity index (χ0) is 18.0. The largest absolute Gasteiger partial charge is 0.325 e. The van der Waals surface area contributed by atoms with Crippen LogP contribution < -0.4 is 5.32 Å². The lowest BCUT2D eigenvalue weighted by atomic mass is 9.97. The van der Waals surface area contributed by atoms with E-state index in [1.165, 1.54) is 0 Å². The number of anilines is 1. The molecule has 7 heteroatoms. The Morgan fingerprint density at radius 1 is 1.12 bits per heavy atom. The molecule has 0 fully saturated rings. The summed E-state index contributed by atoms with van der Waals surface area (Å²) in [5.41, 5.74) is 2.82. The maximum Gasteiger partial charge on any atom is 0.264 e. The summed E-state index contributed by atoms with van der Waals surface area (Å²) in [6.45, 7) is 1.81. The Hall–Kier alpha value is -1.83. The number of carbonyl (C=O) groups excluding carboxylic acids is 1. The van der Waals surface area contributed by atoms with Crippen LogP contribution in [0.3, 0.4) is 0 Å². The van der Waals surface area contributed by atoms with Gasteiger partial charge in [0.2, 0.25) is 5.91 Å². The van der Waals surface area contributed by atoms with E-state index in [9.17, 15) is 13.2 Å². The van der Waals surface area contributed by atoms with Gasteiger partial charge in [-0.25, -0.2) is 0 Å². The fourth-order valence-corrected chi connectivity index (χ4v) is 4.40. The first-order chi connectivity index (χ1) is 11.8. The molecule has 3 rings (SSSR count). The minimum Gasteiger partial charge on any atom is -0.325 e. The molecule has 1 heterocycles. The molecule has 0 radical (unpaired) electrons. The van der Waals surface area contributed by atoms with E-state index < -0.39 is 16.0 Å². The summed E-state index contributed by atoms with van der Waals surface area (Å²) in [4.78, 5) is 13.7. The number of nitrogens with one attached hydrogen (secondary N) is 1. The molecule has 0 aliphatic carbocycles. The van der Waals surface area contributed by atoms with Crippen LogP contribution in [-0.4, -0.2) is 27.2 Å². The van der Waals surface area contributed by atoms with Gasteiger partial charge in [0.25, 0.3) is 10.1 Å². The Labute approximate surface area is 151 Å². The van der Waals surface area contributed by atoms with E-state index in [0.29, 0.717) is 0 Å². The highest BCUT2D eigenvalue weighted by Gasteiger charge is 2.35. The first kappa shape index (κ1) is 18.0. The van der Waals surface area contributed by atoms with Crippen molar-refractivity contribution in [3.05, 3.63) is 59.7 Å². The van der Waals surface area contributed by atoms with Crippen molar-refractivity contribution in [2.24, 2.45) is 5.92 Å². The molecule has 5 nitrogen and oxygen atoms in total. The van der Waals surface area contributed by atoms with Gasteiger partial charge in [-0.15, -0.1) is 11.8 Å². The van der Waals surface area contributed by atoms with Crippen molar-refractivity contribution in [1.82, 2.24) is 0 Å². The average molecular weight is 377 g/mol. The second kappa shape index (κ2) is 7.19. The van der Waals surface area contributed by atoms with Crippen molar-refractivity contribution < 1.29 is 17.4 Å². The number of fused-ring (bicyclic) bond motifs is 1. The van der Waals surface area contributed by atoms with Crippen molar-refractivity contribution in [3.63, 3.8) is 0 Å². The van der Waals surface area contributed by atoms with E-state index in [2.05, 4.69) is 5.32 Å². The summed E-state index contributed by atoms with van der Waals surface area (Å²) in [5, 5.41) is 2.64. The van der Waals surface area contributed by atoms with Crippen molar-refractivity contribution in [2.75, 3.05) is 18.2 Å². The maximum atomic E-state index is 12.7. The second-order valence-corrected chi connectivity index (χ2v) is 8.86. The molecule has 2 unspecified atom stereocenters. The van der Waals surface area contributed by atoms with Crippen molar-refractivity contribution in [1.29, 1.82) is 0 Å². The average Bonchev–Trinajstić information content (AvgIpc) is 2.69. The number of amides is 1. The molecule has 0 aromatic heterocycles. The third-order valence-electron chi connectivity index (χ3n) is 3.97. The van der Waals surface area contributed by atoms with E-state index in [1.54, 1.807) is 11.8 Å². The Bertz CT molecular complexity index is 878. The SMILES string of the molecule is Cc1ccc(C2Sc3ccccc3NC(=O)C2COS(C)(=O)=O)cc1. The van der Waals surface area contributed by atoms with Crippen LogP contribution in [0.1, 0.15) is 16.4 Å². The van der Waals surface area contributed by atoms with Gasteiger partial charge in [-0.2, -0.15) is 8.42 Å². The number of para-hydroxylation sites is 1. The molecule has 1 aliphatic rings. The number of thioether (sulfide) groups is 1. The molecular formula is C18H19NO4S2. The Balaban J connectivity index is 2.00. The van der Waals surface area contributed by atoms with E-state index in [-0.39, 0.29) is 17.8 Å². The van der Waals surface area contributed by atoms with E-state index >= 15 is 0 Å². The maximum absolute atomic E-state index is 12.7. The molecule has 2 atom stereocenters. The molecule has 0 saturated heterocycles. The van der Waals surface area contributed by atoms with Crippen molar-refractivity contribution in [3.8, 4) is 0 Å². The molecule has 1 aliphatic heterocycles. The lowest BCUT2D eigenvalue weighted by Crippen LogP contribution is -2.30. The van der Waals surface area contributed by atoms with Crippen LogP contribution in [-0.2, 0) is 19.1 Å². The van der Waals surface area contributed by atoms with Gasteiger partial charge in [-0.3, -0.25) is 8.98 Å². The third-order valence-corrected chi connectivity index (χ3v) is 6.00. The normalized spacial score (nSPS) is 20.5. The Morgan fingerprint density at radius 2 is 1.80 bits per heavy atom. The monoisotopic (exact) mass is 377 g/mol. The van der Waals surface area contributed by atoms with Gasteiger partial charge in [0.1, 0.15) is 0 Å². The molecule has 2 aromatic rings. The fourth-order valence-electron chi connectivity index (χ4n) is 2.67. The molecule has 25 heavy (non-hydrogen) atoms. The molecule has 2 aromatic carbocycles. The van der Waals surface area contributed by atoms with Gasteiger partial charge in [0.15, 0.2) is 0 Å². The number of aryl methyl sites for hydroxylation is 1. The van der Waals surface area contributed by atoms with Crippen LogP contribution >= 0.6 is 11.8 Å². The second-order valence-electron chi connectivity index (χ2n) is 6.03. The molecule has 0 bridgehead atoms. The van der Waals surface area contributed by atoms with Crippen LogP contribution in [0.4, 0.5) is 5.69 Å². The van der Waals surface area contributed by atoms with Crippen molar-refractivity contribution >= 4 is 33.5 Å². The van der Waals surface area contributed by atoms with E-state index in [4.69, 9.17) is 4.18 Å². The summed E-state index contributed by atoms with van der Waals surface area (Å²) in [6, 6.07) is 15.5. The van der Waals surface area contributed by atoms with Gasteiger partial charge in [-0.05, 0) is 24.6 Å².